The number of nitrogens with zero attached hydrogens (tertiary/aromatic N) is 2. The van der Waals surface area contributed by atoms with Gasteiger partial charge in [-0.1, -0.05) is 13.8 Å². The standard InChI is InChI=1S/C14H26N4O/c1-9(2)12-11(15)13(18(5)17-12)16-10-6-7-19-14(3,4)8-10/h9-10,16H,6-8,15H2,1-5H3. The van der Waals surface area contributed by atoms with Crippen molar-refractivity contribution in [1.82, 2.24) is 9.78 Å². The van der Waals surface area contributed by atoms with Gasteiger partial charge in [0.05, 0.1) is 17.0 Å². The highest BCUT2D eigenvalue weighted by Gasteiger charge is 2.30. The minimum Gasteiger partial charge on any atom is -0.394 e. The topological polar surface area (TPSA) is 65.1 Å². The predicted molar refractivity (Wildman–Crippen MR) is 78.4 cm³/mol. The SMILES string of the molecule is CC(C)c1nn(C)c(NC2CCOC(C)(C)C2)c1N. The van der Waals surface area contributed by atoms with Crippen LogP contribution in [0.5, 0.6) is 0 Å². The van der Waals surface area contributed by atoms with E-state index >= 15 is 0 Å². The van der Waals surface area contributed by atoms with Gasteiger partial charge in [0.15, 0.2) is 0 Å². The smallest absolute Gasteiger partial charge is 0.148 e. The van der Waals surface area contributed by atoms with Gasteiger partial charge in [-0.15, -0.1) is 0 Å². The monoisotopic (exact) mass is 266 g/mol. The van der Waals surface area contributed by atoms with E-state index in [9.17, 15) is 0 Å². The summed E-state index contributed by atoms with van der Waals surface area (Å²) in [5.41, 5.74) is 7.90. The molecule has 2 rings (SSSR count). The molecule has 1 aromatic heterocycles. The molecule has 19 heavy (non-hydrogen) atoms. The Bertz CT molecular complexity index is 451. The lowest BCUT2D eigenvalue weighted by Crippen LogP contribution is -2.40. The van der Waals surface area contributed by atoms with Gasteiger partial charge < -0.3 is 15.8 Å². The molecule has 5 nitrogen and oxygen atoms in total. The molecule has 0 saturated carbocycles. The first-order chi connectivity index (χ1) is 8.80. The Labute approximate surface area is 115 Å². The zero-order chi connectivity index (χ0) is 14.2. The summed E-state index contributed by atoms with van der Waals surface area (Å²) in [4.78, 5) is 0. The highest BCUT2D eigenvalue weighted by molar-refractivity contribution is 5.66. The fourth-order valence-electron chi connectivity index (χ4n) is 2.71. The van der Waals surface area contributed by atoms with Crippen molar-refractivity contribution in [2.75, 3.05) is 17.7 Å². The number of nitrogens with two attached hydrogens (primary N) is 1. The number of rotatable bonds is 3. The maximum Gasteiger partial charge on any atom is 0.148 e. The Morgan fingerprint density at radius 2 is 2.16 bits per heavy atom. The molecule has 0 spiro atoms. The van der Waals surface area contributed by atoms with Crippen LogP contribution in [0.2, 0.25) is 0 Å². The van der Waals surface area contributed by atoms with Crippen LogP contribution in [-0.2, 0) is 11.8 Å². The molecule has 1 fully saturated rings. The Morgan fingerprint density at radius 3 is 2.68 bits per heavy atom. The first-order valence-electron chi connectivity index (χ1n) is 7.03. The lowest BCUT2D eigenvalue weighted by atomic mass is 9.94. The van der Waals surface area contributed by atoms with E-state index in [0.29, 0.717) is 12.0 Å². The molecule has 1 atom stereocenters. The first-order valence-corrected chi connectivity index (χ1v) is 7.03. The summed E-state index contributed by atoms with van der Waals surface area (Å²) in [6.07, 6.45) is 1.99. The van der Waals surface area contributed by atoms with Crippen molar-refractivity contribution in [3.05, 3.63) is 5.69 Å². The average molecular weight is 266 g/mol. The number of aromatic nitrogens is 2. The summed E-state index contributed by atoms with van der Waals surface area (Å²) in [5, 5.41) is 8.05. The molecule has 1 unspecified atom stereocenters. The quantitative estimate of drug-likeness (QED) is 0.882. The number of aryl methyl sites for hydroxylation is 1. The Balaban J connectivity index is 2.15. The van der Waals surface area contributed by atoms with Crippen molar-refractivity contribution in [3.63, 3.8) is 0 Å². The second kappa shape index (κ2) is 5.04. The normalized spacial score (nSPS) is 22.7. The van der Waals surface area contributed by atoms with Crippen LogP contribution in [-0.4, -0.2) is 28.0 Å². The van der Waals surface area contributed by atoms with E-state index in [1.165, 1.54) is 0 Å². The highest BCUT2D eigenvalue weighted by atomic mass is 16.5. The minimum absolute atomic E-state index is 0.0653. The molecule has 0 aromatic carbocycles. The molecule has 3 N–H and O–H groups in total. The Morgan fingerprint density at radius 1 is 1.47 bits per heavy atom. The van der Waals surface area contributed by atoms with Gasteiger partial charge in [0.1, 0.15) is 5.82 Å². The van der Waals surface area contributed by atoms with Crippen molar-refractivity contribution in [2.45, 2.75) is 58.1 Å². The third kappa shape index (κ3) is 3.03. The van der Waals surface area contributed by atoms with Crippen LogP contribution >= 0.6 is 0 Å². The zero-order valence-electron chi connectivity index (χ0n) is 12.7. The Hall–Kier alpha value is -1.23. The number of hydrogen-bond acceptors (Lipinski definition) is 4. The summed E-state index contributed by atoms with van der Waals surface area (Å²) >= 11 is 0. The van der Waals surface area contributed by atoms with Gasteiger partial charge in [0, 0.05) is 19.7 Å². The van der Waals surface area contributed by atoms with E-state index in [1.54, 1.807) is 0 Å². The summed E-state index contributed by atoms with van der Waals surface area (Å²) in [5.74, 6) is 1.28. The minimum atomic E-state index is -0.0653. The van der Waals surface area contributed by atoms with Gasteiger partial charge in [-0.3, -0.25) is 4.68 Å². The van der Waals surface area contributed by atoms with Gasteiger partial charge in [0.25, 0.3) is 0 Å². The van der Waals surface area contributed by atoms with Crippen molar-refractivity contribution in [2.24, 2.45) is 7.05 Å². The number of anilines is 2. The van der Waals surface area contributed by atoms with Crippen LogP contribution < -0.4 is 11.1 Å². The van der Waals surface area contributed by atoms with Crippen molar-refractivity contribution < 1.29 is 4.74 Å². The van der Waals surface area contributed by atoms with Crippen LogP contribution in [0.25, 0.3) is 0 Å². The highest BCUT2D eigenvalue weighted by Crippen LogP contribution is 2.31. The largest absolute Gasteiger partial charge is 0.394 e. The molecule has 0 radical (unpaired) electrons. The molecule has 0 aliphatic carbocycles. The van der Waals surface area contributed by atoms with Crippen LogP contribution in [0.4, 0.5) is 11.5 Å². The number of ether oxygens (including phenoxy) is 1. The van der Waals surface area contributed by atoms with E-state index in [4.69, 9.17) is 10.5 Å². The molecule has 1 aromatic rings. The summed E-state index contributed by atoms with van der Waals surface area (Å²) in [7, 11) is 1.94. The van der Waals surface area contributed by atoms with Crippen LogP contribution in [0.3, 0.4) is 0 Å². The first kappa shape index (κ1) is 14.2. The van der Waals surface area contributed by atoms with Gasteiger partial charge in [-0.25, -0.2) is 0 Å². The molecule has 0 bridgehead atoms. The molecule has 0 amide bonds. The van der Waals surface area contributed by atoms with Gasteiger partial charge in [-0.2, -0.15) is 5.10 Å². The summed E-state index contributed by atoms with van der Waals surface area (Å²) in [6, 6.07) is 0.390. The molecular formula is C14H26N4O. The Kier molecular flexibility index (Phi) is 3.76. The van der Waals surface area contributed by atoms with Crippen LogP contribution in [0.1, 0.15) is 52.1 Å². The van der Waals surface area contributed by atoms with Crippen LogP contribution in [0.15, 0.2) is 0 Å². The van der Waals surface area contributed by atoms with Crippen LogP contribution in [0, 0.1) is 0 Å². The van der Waals surface area contributed by atoms with E-state index in [0.717, 1.165) is 36.6 Å². The van der Waals surface area contributed by atoms with Crippen molar-refractivity contribution in [1.29, 1.82) is 0 Å². The molecule has 1 saturated heterocycles. The summed E-state index contributed by atoms with van der Waals surface area (Å²) < 4.78 is 7.60. The molecule has 1 aliphatic heterocycles. The zero-order valence-corrected chi connectivity index (χ0v) is 12.7. The number of nitrogens with one attached hydrogen (secondary N) is 1. The third-order valence-corrected chi connectivity index (χ3v) is 3.70. The van der Waals surface area contributed by atoms with Gasteiger partial charge in [-0.05, 0) is 32.6 Å². The maximum atomic E-state index is 6.21. The van der Waals surface area contributed by atoms with Crippen molar-refractivity contribution in [3.8, 4) is 0 Å². The van der Waals surface area contributed by atoms with E-state index in [2.05, 4.69) is 38.1 Å². The second-order valence-corrected chi connectivity index (χ2v) is 6.37. The van der Waals surface area contributed by atoms with E-state index < -0.39 is 0 Å². The fraction of sp³-hybridized carbons (Fsp3) is 0.786. The van der Waals surface area contributed by atoms with Gasteiger partial charge in [0.2, 0.25) is 0 Å². The average Bonchev–Trinajstić information content (AvgIpc) is 2.56. The maximum absolute atomic E-state index is 6.21. The van der Waals surface area contributed by atoms with Crippen molar-refractivity contribution >= 4 is 11.5 Å². The lowest BCUT2D eigenvalue weighted by Gasteiger charge is -2.36. The van der Waals surface area contributed by atoms with E-state index in [1.807, 2.05) is 11.7 Å². The second-order valence-electron chi connectivity index (χ2n) is 6.37. The molecule has 5 heteroatoms. The molecule has 2 heterocycles. The molecule has 1 aliphatic rings. The van der Waals surface area contributed by atoms with E-state index in [-0.39, 0.29) is 5.60 Å². The molecular weight excluding hydrogens is 240 g/mol. The number of nitrogen functional groups attached to an aromatic ring is 1. The summed E-state index contributed by atoms with van der Waals surface area (Å²) in [6.45, 7) is 9.28. The van der Waals surface area contributed by atoms with Gasteiger partial charge >= 0.3 is 0 Å². The number of hydrogen-bond donors (Lipinski definition) is 2. The third-order valence-electron chi connectivity index (χ3n) is 3.70. The molecule has 108 valence electrons. The fourth-order valence-corrected chi connectivity index (χ4v) is 2.71. The lowest BCUT2D eigenvalue weighted by molar-refractivity contribution is -0.0553. The predicted octanol–water partition coefficient (Wildman–Crippen LogP) is 2.50.